The Morgan fingerprint density at radius 2 is 0.700 bits per heavy atom. The van der Waals surface area contributed by atoms with Crippen molar-refractivity contribution in [2.75, 3.05) is 41.1 Å². The Morgan fingerprint density at radius 3 is 0.867 bits per heavy atom. The van der Waals surface area contributed by atoms with E-state index in [0.717, 1.165) is 20.0 Å². The van der Waals surface area contributed by atoms with E-state index >= 15 is 0 Å². The smallest absolute Gasteiger partial charge is 0.0720 e. The Kier molecular flexibility index (Phi) is 18.8. The zero-order valence-corrected chi connectivity index (χ0v) is 19.2. The van der Waals surface area contributed by atoms with Crippen molar-refractivity contribution in [2.45, 2.75) is 75.9 Å². The fourth-order valence-corrected chi connectivity index (χ4v) is 2.64. The van der Waals surface area contributed by atoms with Gasteiger partial charge in [-0.25, -0.2) is 32.6 Å². The van der Waals surface area contributed by atoms with Crippen LogP contribution in [0.1, 0.15) is 57.8 Å². The monoisotopic (exact) mass is 432 g/mol. The van der Waals surface area contributed by atoms with Gasteiger partial charge >= 0.3 is 0 Å². The second kappa shape index (κ2) is 20.4. The second-order valence-electron chi connectivity index (χ2n) is 7.66. The van der Waals surface area contributed by atoms with Crippen LogP contribution in [-0.2, 0) is 0 Å². The molecule has 0 heterocycles. The van der Waals surface area contributed by atoms with Crippen molar-refractivity contribution in [3.63, 3.8) is 0 Å². The second-order valence-corrected chi connectivity index (χ2v) is 7.66. The van der Waals surface area contributed by atoms with Gasteiger partial charge in [0, 0.05) is 18.1 Å². The molecule has 30 heavy (non-hydrogen) atoms. The van der Waals surface area contributed by atoms with Gasteiger partial charge in [-0.05, 0) is 59.7 Å². The molecule has 0 spiro atoms. The summed E-state index contributed by atoms with van der Waals surface area (Å²) in [4.78, 5) is 0. The minimum Gasteiger partial charge on any atom is -0.260 e. The molecular formula is C18H48N12. The predicted molar refractivity (Wildman–Crippen MR) is 123 cm³/mol. The molecule has 0 radical (unpaired) electrons. The van der Waals surface area contributed by atoms with Gasteiger partial charge in [-0.15, -0.1) is 0 Å². The van der Waals surface area contributed by atoms with Crippen LogP contribution in [0, 0.1) is 0 Å². The molecule has 0 aromatic heterocycles. The molecule has 0 aromatic rings. The third-order valence-electron chi connectivity index (χ3n) is 5.29. The van der Waals surface area contributed by atoms with Gasteiger partial charge in [0.05, 0.1) is 20.0 Å². The summed E-state index contributed by atoms with van der Waals surface area (Å²) in [6.45, 7) is 2.27. The predicted octanol–water partition coefficient (Wildman–Crippen LogP) is -2.06. The van der Waals surface area contributed by atoms with Crippen LogP contribution in [0.3, 0.4) is 0 Å². The highest BCUT2D eigenvalue weighted by molar-refractivity contribution is 4.75. The van der Waals surface area contributed by atoms with Gasteiger partial charge in [0.2, 0.25) is 0 Å². The SMILES string of the molecule is CNNCNNC1CCC1.CNNCNNC1CCC1.CNNCNNC1CCC1. The standard InChI is InChI=1S/3C6H16N4/c3*1-7-8-5-9-10-6-3-2-4-6/h3*6-10H,2-5H2,1H3. The van der Waals surface area contributed by atoms with E-state index in [2.05, 4.69) is 65.1 Å². The topological polar surface area (TPSA) is 144 Å². The highest BCUT2D eigenvalue weighted by Gasteiger charge is 2.16. The molecule has 3 rings (SSSR count). The number of hydrazine groups is 6. The van der Waals surface area contributed by atoms with E-state index in [4.69, 9.17) is 0 Å². The maximum absolute atomic E-state index is 3.20. The van der Waals surface area contributed by atoms with Crippen LogP contribution in [0.4, 0.5) is 0 Å². The van der Waals surface area contributed by atoms with Crippen LogP contribution < -0.4 is 65.1 Å². The van der Waals surface area contributed by atoms with E-state index in [0.29, 0.717) is 18.1 Å². The first kappa shape index (κ1) is 27.6. The van der Waals surface area contributed by atoms with Crippen molar-refractivity contribution in [1.29, 1.82) is 0 Å². The number of hydrogen-bond donors (Lipinski definition) is 12. The van der Waals surface area contributed by atoms with Crippen molar-refractivity contribution < 1.29 is 0 Å². The molecule has 0 aliphatic heterocycles. The molecule has 0 atom stereocenters. The molecule has 3 fully saturated rings. The number of rotatable bonds is 15. The first-order valence-corrected chi connectivity index (χ1v) is 11.4. The van der Waals surface area contributed by atoms with E-state index in [9.17, 15) is 0 Å². The summed E-state index contributed by atoms with van der Waals surface area (Å²) >= 11 is 0. The van der Waals surface area contributed by atoms with Crippen molar-refractivity contribution in [3.8, 4) is 0 Å². The fraction of sp³-hybridized carbons (Fsp3) is 1.00. The maximum Gasteiger partial charge on any atom is 0.0720 e. The Balaban J connectivity index is 0.000000225. The van der Waals surface area contributed by atoms with E-state index < -0.39 is 0 Å². The highest BCUT2D eigenvalue weighted by Crippen LogP contribution is 2.17. The van der Waals surface area contributed by atoms with Gasteiger partial charge in [-0.3, -0.25) is 32.6 Å². The average Bonchev–Trinajstić information content (AvgIpc) is 2.65. The van der Waals surface area contributed by atoms with E-state index in [1.165, 1.54) is 57.8 Å². The molecule has 12 heteroatoms. The van der Waals surface area contributed by atoms with Gasteiger partial charge in [0.25, 0.3) is 0 Å². The molecule has 3 aliphatic carbocycles. The fourth-order valence-electron chi connectivity index (χ4n) is 2.64. The lowest BCUT2D eigenvalue weighted by atomic mass is 9.94. The molecule has 0 saturated heterocycles. The number of hydrogen-bond acceptors (Lipinski definition) is 12. The van der Waals surface area contributed by atoms with E-state index in [1.807, 2.05) is 21.1 Å². The average molecular weight is 433 g/mol. The summed E-state index contributed by atoms with van der Waals surface area (Å²) in [5, 5.41) is 0. The van der Waals surface area contributed by atoms with Gasteiger partial charge in [-0.1, -0.05) is 19.3 Å². The summed E-state index contributed by atoms with van der Waals surface area (Å²) in [6.07, 6.45) is 12.0. The lowest BCUT2D eigenvalue weighted by Crippen LogP contribution is -2.49. The zero-order valence-electron chi connectivity index (χ0n) is 19.2. The first-order chi connectivity index (χ1) is 14.8. The Morgan fingerprint density at radius 1 is 0.433 bits per heavy atom. The number of nitrogens with one attached hydrogen (secondary N) is 12. The molecule has 0 amide bonds. The minimum absolute atomic E-state index is 0.707. The van der Waals surface area contributed by atoms with E-state index in [1.54, 1.807) is 0 Å². The summed E-state index contributed by atoms with van der Waals surface area (Å²) < 4.78 is 0. The summed E-state index contributed by atoms with van der Waals surface area (Å²) in [7, 11) is 5.56. The van der Waals surface area contributed by atoms with Gasteiger partial charge < -0.3 is 0 Å². The maximum atomic E-state index is 3.20. The Hall–Kier alpha value is -0.480. The van der Waals surface area contributed by atoms with Crippen molar-refractivity contribution >= 4 is 0 Å². The van der Waals surface area contributed by atoms with Crippen LogP contribution in [-0.4, -0.2) is 59.3 Å². The van der Waals surface area contributed by atoms with Gasteiger partial charge in [0.1, 0.15) is 0 Å². The largest absolute Gasteiger partial charge is 0.260 e. The molecule has 12 nitrogen and oxygen atoms in total. The van der Waals surface area contributed by atoms with Crippen molar-refractivity contribution in [1.82, 2.24) is 65.1 Å². The normalized spacial score (nSPS) is 18.9. The Bertz CT molecular complexity index is 298. The molecule has 3 aliphatic rings. The van der Waals surface area contributed by atoms with Crippen LogP contribution >= 0.6 is 0 Å². The van der Waals surface area contributed by atoms with E-state index in [-0.39, 0.29) is 0 Å². The molecule has 0 aromatic carbocycles. The van der Waals surface area contributed by atoms with Crippen LogP contribution in [0.25, 0.3) is 0 Å². The molecule has 180 valence electrons. The third-order valence-corrected chi connectivity index (χ3v) is 5.29. The molecular weight excluding hydrogens is 384 g/mol. The van der Waals surface area contributed by atoms with Gasteiger partial charge in [0.15, 0.2) is 0 Å². The highest BCUT2D eigenvalue weighted by atomic mass is 15.5. The van der Waals surface area contributed by atoms with Crippen molar-refractivity contribution in [2.24, 2.45) is 0 Å². The molecule has 0 unspecified atom stereocenters. The summed E-state index contributed by atoms with van der Waals surface area (Å²) in [5.74, 6) is 0. The molecule has 0 bridgehead atoms. The van der Waals surface area contributed by atoms with Crippen molar-refractivity contribution in [3.05, 3.63) is 0 Å². The summed E-state index contributed by atoms with van der Waals surface area (Å²) in [5.41, 5.74) is 36.1. The van der Waals surface area contributed by atoms with Crippen LogP contribution in [0.15, 0.2) is 0 Å². The quantitative estimate of drug-likeness (QED) is 0.0786. The lowest BCUT2D eigenvalue weighted by Gasteiger charge is -2.26. The third kappa shape index (κ3) is 15.3. The lowest BCUT2D eigenvalue weighted by molar-refractivity contribution is 0.291. The first-order valence-electron chi connectivity index (χ1n) is 11.4. The molecule has 12 N–H and O–H groups in total. The minimum atomic E-state index is 0.707. The van der Waals surface area contributed by atoms with Gasteiger partial charge in [-0.2, -0.15) is 0 Å². The summed E-state index contributed by atoms with van der Waals surface area (Å²) in [6, 6.07) is 2.12. The van der Waals surface area contributed by atoms with Crippen LogP contribution in [0.5, 0.6) is 0 Å². The van der Waals surface area contributed by atoms with Crippen LogP contribution in [0.2, 0.25) is 0 Å². The Labute approximate surface area is 182 Å². The molecule has 3 saturated carbocycles. The zero-order chi connectivity index (χ0) is 21.7.